The Kier molecular flexibility index (Phi) is 14.8. The number of alkyl carbamates (subject to hydrolysis) is 1. The third-order valence-electron chi connectivity index (χ3n) is 6.51. The Balaban J connectivity index is 1.90. The molecule has 0 aliphatic carbocycles. The first-order valence-electron chi connectivity index (χ1n) is 14.7. The molecule has 0 fully saturated rings. The lowest BCUT2D eigenvalue weighted by Crippen LogP contribution is -2.54. The molecule has 14 nitrogen and oxygen atoms in total. The number of amides is 7. The van der Waals surface area contributed by atoms with Crippen molar-refractivity contribution in [1.29, 1.82) is 0 Å². The van der Waals surface area contributed by atoms with Crippen molar-refractivity contribution in [2.75, 3.05) is 38.2 Å². The maximum Gasteiger partial charge on any atom is 0.407 e. The number of ether oxygens (including phenoxy) is 2. The zero-order valence-corrected chi connectivity index (χ0v) is 25.7. The summed E-state index contributed by atoms with van der Waals surface area (Å²) in [4.78, 5) is 74.0. The van der Waals surface area contributed by atoms with Crippen LogP contribution < -0.4 is 27.0 Å². The highest BCUT2D eigenvalue weighted by Gasteiger charge is 2.29. The van der Waals surface area contributed by atoms with E-state index in [1.54, 1.807) is 26.0 Å². The van der Waals surface area contributed by atoms with Crippen LogP contribution in [0.5, 0.6) is 0 Å². The smallest absolute Gasteiger partial charge is 0.407 e. The van der Waals surface area contributed by atoms with Crippen LogP contribution in [0.4, 0.5) is 15.3 Å². The maximum atomic E-state index is 13.2. The highest BCUT2D eigenvalue weighted by Crippen LogP contribution is 2.14. The Labute approximate surface area is 257 Å². The molecule has 0 spiro atoms. The van der Waals surface area contributed by atoms with E-state index in [0.29, 0.717) is 18.0 Å². The van der Waals surface area contributed by atoms with E-state index in [0.717, 1.165) is 16.9 Å². The minimum absolute atomic E-state index is 0.00957. The summed E-state index contributed by atoms with van der Waals surface area (Å²) in [6.45, 7) is 7.93. The number of hydrogen-bond donors (Lipinski definition) is 5. The summed E-state index contributed by atoms with van der Waals surface area (Å²) in [5.74, 6) is -1.73. The minimum atomic E-state index is -1.02. The van der Waals surface area contributed by atoms with E-state index in [1.807, 2.05) is 12.1 Å². The lowest BCUT2D eigenvalue weighted by molar-refractivity contribution is -0.137. The van der Waals surface area contributed by atoms with Gasteiger partial charge in [0.15, 0.2) is 0 Å². The number of anilines is 1. The summed E-state index contributed by atoms with van der Waals surface area (Å²) in [6.07, 6.45) is 2.95. The van der Waals surface area contributed by atoms with Crippen molar-refractivity contribution < 1.29 is 38.2 Å². The van der Waals surface area contributed by atoms with Crippen LogP contribution in [-0.2, 0) is 35.1 Å². The molecule has 2 atom stereocenters. The molecule has 7 amide bonds. The summed E-state index contributed by atoms with van der Waals surface area (Å²) < 4.78 is 10.4. The topological polar surface area (TPSA) is 198 Å². The van der Waals surface area contributed by atoms with Crippen molar-refractivity contribution >= 4 is 41.4 Å². The van der Waals surface area contributed by atoms with Crippen molar-refractivity contribution in [1.82, 2.24) is 20.9 Å². The second-order valence-corrected chi connectivity index (χ2v) is 11.1. The number of carbonyl (C=O) groups excluding carboxylic acids is 6. The summed E-state index contributed by atoms with van der Waals surface area (Å²) in [7, 11) is 0. The number of carbonyl (C=O) groups is 6. The standard InChI is InChI=1S/C30H44N6O8/c1-19(2)18-21-7-9-22(10-8-21)33-27(39)23(6-5-13-32-29(31)41)34-28(40)26(20(3)4)35-30(42)44-17-16-43-15-14-36-24(37)11-12-25(36)38/h7-12,19-20,23,26H,5-6,13-18H2,1-4H3,(H,33,39)(H,34,40)(H,35,42)(H3,31,32,41)/t23-,26-/m0/s1. The molecule has 1 aliphatic rings. The van der Waals surface area contributed by atoms with Crippen LogP contribution in [0.2, 0.25) is 0 Å². The molecular weight excluding hydrogens is 572 g/mol. The van der Waals surface area contributed by atoms with Gasteiger partial charge in [0.2, 0.25) is 11.8 Å². The van der Waals surface area contributed by atoms with Crippen molar-refractivity contribution in [3.05, 3.63) is 42.0 Å². The molecule has 0 saturated heterocycles. The Morgan fingerprint density at radius 1 is 0.886 bits per heavy atom. The van der Waals surface area contributed by atoms with E-state index in [9.17, 15) is 28.8 Å². The molecule has 1 aromatic rings. The molecule has 44 heavy (non-hydrogen) atoms. The van der Waals surface area contributed by atoms with Gasteiger partial charge in [0.25, 0.3) is 11.8 Å². The van der Waals surface area contributed by atoms with E-state index in [1.165, 1.54) is 12.2 Å². The normalized spacial score (nSPS) is 14.0. The van der Waals surface area contributed by atoms with Crippen LogP contribution in [0.25, 0.3) is 0 Å². The molecule has 1 heterocycles. The molecule has 6 N–H and O–H groups in total. The third kappa shape index (κ3) is 12.8. The molecule has 242 valence electrons. The number of urea groups is 1. The van der Waals surface area contributed by atoms with Gasteiger partial charge in [-0.3, -0.25) is 24.1 Å². The van der Waals surface area contributed by atoms with Crippen molar-refractivity contribution in [3.8, 4) is 0 Å². The molecular formula is C30H44N6O8. The monoisotopic (exact) mass is 616 g/mol. The van der Waals surface area contributed by atoms with Gasteiger partial charge in [-0.25, -0.2) is 9.59 Å². The Bertz CT molecular complexity index is 1170. The Morgan fingerprint density at radius 2 is 1.55 bits per heavy atom. The Hall–Kier alpha value is -4.46. The van der Waals surface area contributed by atoms with E-state index in [2.05, 4.69) is 35.1 Å². The summed E-state index contributed by atoms with van der Waals surface area (Å²) in [6, 6.07) is 4.78. The van der Waals surface area contributed by atoms with Crippen LogP contribution in [-0.4, -0.2) is 85.6 Å². The van der Waals surface area contributed by atoms with E-state index in [4.69, 9.17) is 15.2 Å². The van der Waals surface area contributed by atoms with Gasteiger partial charge in [0.1, 0.15) is 18.7 Å². The SMILES string of the molecule is CC(C)Cc1ccc(NC(=O)[C@H](CCCNC(N)=O)NC(=O)[C@@H](NC(=O)OCCOCCN2C(=O)C=CC2=O)C(C)C)cc1. The highest BCUT2D eigenvalue weighted by molar-refractivity contribution is 6.12. The number of primary amides is 1. The van der Waals surface area contributed by atoms with Crippen LogP contribution >= 0.6 is 0 Å². The van der Waals surface area contributed by atoms with Crippen LogP contribution in [0, 0.1) is 11.8 Å². The average Bonchev–Trinajstić information content (AvgIpc) is 3.27. The molecule has 1 aromatic carbocycles. The predicted octanol–water partition coefficient (Wildman–Crippen LogP) is 1.45. The zero-order valence-electron chi connectivity index (χ0n) is 25.7. The lowest BCUT2D eigenvalue weighted by Gasteiger charge is -2.25. The van der Waals surface area contributed by atoms with Crippen LogP contribution in [0.1, 0.15) is 46.1 Å². The fourth-order valence-corrected chi connectivity index (χ4v) is 4.28. The average molecular weight is 617 g/mol. The quantitative estimate of drug-likeness (QED) is 0.121. The maximum absolute atomic E-state index is 13.2. The van der Waals surface area contributed by atoms with Gasteiger partial charge in [-0.15, -0.1) is 0 Å². The van der Waals surface area contributed by atoms with E-state index >= 15 is 0 Å². The molecule has 1 aliphatic heterocycles. The molecule has 0 radical (unpaired) electrons. The first-order valence-corrected chi connectivity index (χ1v) is 14.7. The van der Waals surface area contributed by atoms with Gasteiger partial charge in [-0.2, -0.15) is 0 Å². The van der Waals surface area contributed by atoms with Crippen molar-refractivity contribution in [2.24, 2.45) is 17.6 Å². The van der Waals surface area contributed by atoms with Crippen LogP contribution in [0.3, 0.4) is 0 Å². The molecule has 0 saturated carbocycles. The fourth-order valence-electron chi connectivity index (χ4n) is 4.28. The zero-order chi connectivity index (χ0) is 32.6. The van der Waals surface area contributed by atoms with Gasteiger partial charge >= 0.3 is 12.1 Å². The summed E-state index contributed by atoms with van der Waals surface area (Å²) >= 11 is 0. The second-order valence-electron chi connectivity index (χ2n) is 11.1. The molecule has 0 unspecified atom stereocenters. The number of imide groups is 1. The number of rotatable bonds is 18. The number of benzene rings is 1. The van der Waals surface area contributed by atoms with Gasteiger partial charge in [0.05, 0.1) is 19.8 Å². The van der Waals surface area contributed by atoms with E-state index in [-0.39, 0.29) is 45.2 Å². The molecule has 0 bridgehead atoms. The second kappa shape index (κ2) is 18.3. The summed E-state index contributed by atoms with van der Waals surface area (Å²) in [5.41, 5.74) is 6.82. The fraction of sp³-hybridized carbons (Fsp3) is 0.533. The Morgan fingerprint density at radius 3 is 2.14 bits per heavy atom. The minimum Gasteiger partial charge on any atom is -0.447 e. The highest BCUT2D eigenvalue weighted by atomic mass is 16.6. The van der Waals surface area contributed by atoms with Crippen LogP contribution in [0.15, 0.2) is 36.4 Å². The van der Waals surface area contributed by atoms with Gasteiger partial charge < -0.3 is 36.5 Å². The number of nitrogens with zero attached hydrogens (tertiary/aromatic N) is 1. The third-order valence-corrected chi connectivity index (χ3v) is 6.51. The molecule has 0 aromatic heterocycles. The number of hydrogen-bond acceptors (Lipinski definition) is 8. The first-order chi connectivity index (χ1) is 20.9. The van der Waals surface area contributed by atoms with Gasteiger partial charge in [-0.05, 0) is 48.8 Å². The molecule has 14 heteroatoms. The number of nitrogens with one attached hydrogen (secondary N) is 4. The predicted molar refractivity (Wildman–Crippen MR) is 162 cm³/mol. The van der Waals surface area contributed by atoms with Gasteiger partial charge in [0, 0.05) is 24.4 Å². The lowest BCUT2D eigenvalue weighted by atomic mass is 10.0. The van der Waals surface area contributed by atoms with Gasteiger partial charge in [-0.1, -0.05) is 39.8 Å². The van der Waals surface area contributed by atoms with E-state index < -0.39 is 47.8 Å². The van der Waals surface area contributed by atoms with Crippen molar-refractivity contribution in [2.45, 2.75) is 59.0 Å². The largest absolute Gasteiger partial charge is 0.447 e. The van der Waals surface area contributed by atoms with Crippen molar-refractivity contribution in [3.63, 3.8) is 0 Å². The summed E-state index contributed by atoms with van der Waals surface area (Å²) in [5, 5.41) is 10.5. The molecule has 2 rings (SSSR count). The number of nitrogens with two attached hydrogens (primary N) is 1. The first kappa shape index (κ1) is 35.7.